The van der Waals surface area contributed by atoms with Gasteiger partial charge in [-0.05, 0) is 76.5 Å². The molecule has 0 aromatic carbocycles. The third kappa shape index (κ3) is 22.8. The fourth-order valence-electron chi connectivity index (χ4n) is 4.23. The Bertz CT molecular complexity index is 394. The van der Waals surface area contributed by atoms with Gasteiger partial charge in [-0.3, -0.25) is 0 Å². The molecule has 0 amide bonds. The fraction of sp³-hybridized carbons (Fsp3) is 0.939. The highest BCUT2D eigenvalue weighted by molar-refractivity contribution is 5.01. The average Bonchev–Trinajstić information content (AvgIpc) is 2.78. The first kappa shape index (κ1) is 42.7. The molecule has 36 heavy (non-hydrogen) atoms. The van der Waals surface area contributed by atoms with E-state index in [0.717, 1.165) is 43.5 Å². The lowest BCUT2D eigenvalue weighted by molar-refractivity contribution is -0.187. The Morgan fingerprint density at radius 3 is 1.31 bits per heavy atom. The van der Waals surface area contributed by atoms with E-state index in [1.165, 1.54) is 57.8 Å². The molecule has 0 radical (unpaired) electrons. The van der Waals surface area contributed by atoms with Crippen molar-refractivity contribution in [3.63, 3.8) is 0 Å². The molecule has 3 heteroatoms. The number of hydrogen-bond acceptors (Lipinski definition) is 3. The summed E-state index contributed by atoms with van der Waals surface area (Å²) in [6, 6.07) is 0. The molecule has 0 aromatic heterocycles. The van der Waals surface area contributed by atoms with Gasteiger partial charge in [0.15, 0.2) is 6.29 Å². The Morgan fingerprint density at radius 1 is 0.556 bits per heavy atom. The van der Waals surface area contributed by atoms with E-state index in [1.54, 1.807) is 5.57 Å². The quantitative estimate of drug-likeness (QED) is 0.298. The predicted octanol–water partition coefficient (Wildman–Crippen LogP) is 11.2. The van der Waals surface area contributed by atoms with E-state index in [4.69, 9.17) is 14.2 Å². The van der Waals surface area contributed by atoms with Gasteiger partial charge in [0.1, 0.15) is 0 Å². The zero-order valence-electron chi connectivity index (χ0n) is 22.8. The van der Waals surface area contributed by atoms with Crippen LogP contribution in [0.1, 0.15) is 144 Å². The largest absolute Gasteiger partial charge is 0.378 e. The number of hydrogen-bond donors (Lipinski definition) is 0. The third-order valence-electron chi connectivity index (χ3n) is 7.17. The highest BCUT2D eigenvalue weighted by atomic mass is 16.7. The highest BCUT2D eigenvalue weighted by Gasteiger charge is 2.14. The molecule has 4 rings (SSSR count). The van der Waals surface area contributed by atoms with Gasteiger partial charge in [-0.25, -0.2) is 0 Å². The van der Waals surface area contributed by atoms with Crippen LogP contribution in [0.25, 0.3) is 0 Å². The van der Waals surface area contributed by atoms with E-state index in [9.17, 15) is 0 Å². The number of rotatable bonds is 0. The van der Waals surface area contributed by atoms with Crippen molar-refractivity contribution in [2.75, 3.05) is 19.8 Å². The highest BCUT2D eigenvalue weighted by Crippen LogP contribution is 2.27. The van der Waals surface area contributed by atoms with Crippen LogP contribution in [-0.2, 0) is 14.2 Å². The molecule has 0 aromatic rings. The Labute approximate surface area is 232 Å². The van der Waals surface area contributed by atoms with Crippen LogP contribution >= 0.6 is 0 Å². The summed E-state index contributed by atoms with van der Waals surface area (Å²) in [5, 5.41) is 0. The molecule has 224 valence electrons. The van der Waals surface area contributed by atoms with Crippen molar-refractivity contribution < 1.29 is 15.6 Å². The van der Waals surface area contributed by atoms with Gasteiger partial charge < -0.3 is 14.2 Å². The molecule has 0 bridgehead atoms. The summed E-state index contributed by atoms with van der Waals surface area (Å²) in [7, 11) is 0. The lowest BCUT2D eigenvalue weighted by atomic mass is 9.84. The minimum atomic E-state index is 0. The van der Waals surface area contributed by atoms with Crippen molar-refractivity contribution in [2.45, 2.75) is 155 Å². The Balaban J connectivity index is -0.000000118. The first-order chi connectivity index (χ1) is 15.2. The van der Waals surface area contributed by atoms with Crippen molar-refractivity contribution in [3.8, 4) is 0 Å². The van der Waals surface area contributed by atoms with E-state index in [0.29, 0.717) is 12.0 Å². The molecule has 3 fully saturated rings. The van der Waals surface area contributed by atoms with Crippen LogP contribution < -0.4 is 0 Å². The lowest BCUT2D eigenvalue weighted by Gasteiger charge is -2.24. The minimum Gasteiger partial charge on any atom is -0.378 e. The van der Waals surface area contributed by atoms with E-state index in [-0.39, 0.29) is 37.4 Å². The molecule has 2 heterocycles. The summed E-state index contributed by atoms with van der Waals surface area (Å²) >= 11 is 0. The zero-order valence-corrected chi connectivity index (χ0v) is 22.8. The molecule has 3 unspecified atom stereocenters. The van der Waals surface area contributed by atoms with E-state index in [2.05, 4.69) is 54.5 Å². The van der Waals surface area contributed by atoms with E-state index < -0.39 is 0 Å². The normalized spacial score (nSPS) is 33.1. The smallest absolute Gasteiger partial charge is 0.154 e. The van der Waals surface area contributed by atoms with Crippen LogP contribution in [0, 0.1) is 29.6 Å². The van der Waals surface area contributed by atoms with Crippen LogP contribution in [-0.4, -0.2) is 32.2 Å². The van der Waals surface area contributed by atoms with Gasteiger partial charge in [-0.15, -0.1) is 0 Å². The van der Waals surface area contributed by atoms with Crippen molar-refractivity contribution in [2.24, 2.45) is 29.6 Å². The predicted molar refractivity (Wildman–Crippen MR) is 167 cm³/mol. The van der Waals surface area contributed by atoms with Crippen molar-refractivity contribution in [1.29, 1.82) is 0 Å². The van der Waals surface area contributed by atoms with Gasteiger partial charge in [0.25, 0.3) is 0 Å². The summed E-state index contributed by atoms with van der Waals surface area (Å²) in [5.41, 5.74) is 1.59. The summed E-state index contributed by atoms with van der Waals surface area (Å²) < 4.78 is 15.7. The van der Waals surface area contributed by atoms with Crippen molar-refractivity contribution in [3.05, 3.63) is 11.6 Å². The average molecular weight is 519 g/mol. The van der Waals surface area contributed by atoms with Gasteiger partial charge in [0.05, 0.1) is 19.3 Å². The summed E-state index contributed by atoms with van der Waals surface area (Å²) in [5.74, 6) is 4.36. The van der Waals surface area contributed by atoms with Gasteiger partial charge in [0, 0.05) is 14.0 Å². The molecule has 3 nitrogen and oxygen atoms in total. The molecular formula is C33H74O3. The van der Waals surface area contributed by atoms with E-state index in [1.807, 2.05) is 6.92 Å². The topological polar surface area (TPSA) is 27.7 Å². The number of allylic oxidation sites excluding steroid dienone is 2. The van der Waals surface area contributed by atoms with Gasteiger partial charge in [-0.1, -0.05) is 102 Å². The lowest BCUT2D eigenvalue weighted by Crippen LogP contribution is -2.27. The summed E-state index contributed by atoms with van der Waals surface area (Å²) in [4.78, 5) is 0. The monoisotopic (exact) mass is 519 g/mol. The standard InChI is InChI=1S/C8H16.C8H14.C7H14O.C6H12O2.4CH4.H2/c2*1-7-3-5-8(2)6-4-7;1-6-3-4-7(2)8-5-6;1-5-3-7-6(2)8-4-5;;;;;/h7-8H,3-6H2,1-2H3;3,8H,4-6H2,1-2H3;6-7H,3-5H2,1-2H3;5-6H,3-4H2,1-2H3;4*1H4;1H. The molecule has 4 aliphatic rings. The fourth-order valence-corrected chi connectivity index (χ4v) is 4.23. The van der Waals surface area contributed by atoms with Crippen LogP contribution in [0.5, 0.6) is 0 Å². The number of ether oxygens (including phenoxy) is 3. The van der Waals surface area contributed by atoms with E-state index >= 15 is 0 Å². The van der Waals surface area contributed by atoms with Gasteiger partial charge in [-0.2, -0.15) is 0 Å². The second kappa shape index (κ2) is 24.9. The van der Waals surface area contributed by atoms with Gasteiger partial charge in [0.2, 0.25) is 0 Å². The Hall–Kier alpha value is -0.380. The summed E-state index contributed by atoms with van der Waals surface area (Å²) in [6.07, 6.45) is 15.5. The minimum absolute atomic E-state index is 0. The molecule has 0 spiro atoms. The van der Waals surface area contributed by atoms with Gasteiger partial charge >= 0.3 is 0 Å². The first-order valence-corrected chi connectivity index (χ1v) is 13.7. The first-order valence-electron chi connectivity index (χ1n) is 13.7. The molecular weight excluding hydrogens is 444 g/mol. The Morgan fingerprint density at radius 2 is 1.00 bits per heavy atom. The van der Waals surface area contributed by atoms with Crippen molar-refractivity contribution in [1.82, 2.24) is 0 Å². The maximum Gasteiger partial charge on any atom is 0.154 e. The molecule has 3 atom stereocenters. The maximum atomic E-state index is 5.39. The third-order valence-corrected chi connectivity index (χ3v) is 7.17. The molecule has 0 N–H and O–H groups in total. The molecule has 2 saturated heterocycles. The zero-order chi connectivity index (χ0) is 23.9. The van der Waals surface area contributed by atoms with Crippen molar-refractivity contribution >= 4 is 0 Å². The van der Waals surface area contributed by atoms with Crippen LogP contribution in [0.3, 0.4) is 0 Å². The molecule has 2 aliphatic carbocycles. The molecule has 2 aliphatic heterocycles. The summed E-state index contributed by atoms with van der Waals surface area (Å²) in [6.45, 7) is 20.4. The second-order valence-corrected chi connectivity index (χ2v) is 11.5. The Kier molecular flexibility index (Phi) is 29.6. The van der Waals surface area contributed by atoms with Crippen LogP contribution in [0.15, 0.2) is 11.6 Å². The second-order valence-electron chi connectivity index (χ2n) is 11.5. The van der Waals surface area contributed by atoms with Crippen LogP contribution in [0.2, 0.25) is 0 Å². The SMILES string of the molecule is C.C.C.C.CC1=CCC(C)CC1.CC1CCC(C)CC1.CC1CCC(C)OC1.CC1COC(C)OC1.[HH]. The van der Waals surface area contributed by atoms with Crippen LogP contribution in [0.4, 0.5) is 0 Å². The molecule has 1 saturated carbocycles. The maximum absolute atomic E-state index is 5.39.